The zero-order valence-electron chi connectivity index (χ0n) is 8.30. The van der Waals surface area contributed by atoms with Gasteiger partial charge in [0.2, 0.25) is 0 Å². The average molecular weight is 232 g/mol. The fourth-order valence-electron chi connectivity index (χ4n) is 1.36. The number of aryl methyl sites for hydroxylation is 1. The van der Waals surface area contributed by atoms with Crippen molar-refractivity contribution < 1.29 is 9.90 Å². The van der Waals surface area contributed by atoms with Gasteiger partial charge in [-0.25, -0.2) is 4.98 Å². The molecule has 0 aliphatic heterocycles. The van der Waals surface area contributed by atoms with E-state index in [2.05, 4.69) is 11.1 Å². The molecule has 1 aromatic carbocycles. The Morgan fingerprint density at radius 3 is 3.06 bits per heavy atom. The van der Waals surface area contributed by atoms with Gasteiger partial charge in [-0.05, 0) is 18.2 Å². The lowest BCUT2D eigenvalue weighted by molar-refractivity contribution is -0.136. The number of rotatable bonds is 3. The van der Waals surface area contributed by atoms with Crippen LogP contribution < -0.4 is 0 Å². The van der Waals surface area contributed by atoms with E-state index in [1.807, 2.05) is 0 Å². The molecule has 80 valence electrons. The molecule has 0 aliphatic carbocycles. The smallest absolute Gasteiger partial charge is 0.303 e. The van der Waals surface area contributed by atoms with E-state index in [1.165, 1.54) is 11.3 Å². The third-order valence-electron chi connectivity index (χ3n) is 2.11. The molecule has 16 heavy (non-hydrogen) atoms. The second-order valence-corrected chi connectivity index (χ2v) is 4.41. The zero-order chi connectivity index (χ0) is 11.5. The topological polar surface area (TPSA) is 74.0 Å². The number of benzene rings is 1. The second kappa shape index (κ2) is 4.29. The van der Waals surface area contributed by atoms with Gasteiger partial charge in [-0.15, -0.1) is 11.3 Å². The summed E-state index contributed by atoms with van der Waals surface area (Å²) in [6.45, 7) is 0. The molecule has 0 aliphatic rings. The maximum absolute atomic E-state index is 10.4. The Hall–Kier alpha value is -1.93. The van der Waals surface area contributed by atoms with Crippen LogP contribution in [0.5, 0.6) is 0 Å². The van der Waals surface area contributed by atoms with Crippen molar-refractivity contribution in [3.63, 3.8) is 0 Å². The van der Waals surface area contributed by atoms with Crippen molar-refractivity contribution in [2.24, 2.45) is 0 Å². The second-order valence-electron chi connectivity index (χ2n) is 3.30. The number of nitrogens with zero attached hydrogens (tertiary/aromatic N) is 2. The normalized spacial score (nSPS) is 10.2. The van der Waals surface area contributed by atoms with Gasteiger partial charge in [0.05, 0.1) is 33.3 Å². The van der Waals surface area contributed by atoms with Gasteiger partial charge in [0.1, 0.15) is 0 Å². The summed E-state index contributed by atoms with van der Waals surface area (Å²) in [6, 6.07) is 7.34. The summed E-state index contributed by atoms with van der Waals surface area (Å²) < 4.78 is 0.930. The number of hydrogen-bond acceptors (Lipinski definition) is 4. The Kier molecular flexibility index (Phi) is 2.84. The lowest BCUT2D eigenvalue weighted by Crippen LogP contribution is -1.96. The highest BCUT2D eigenvalue weighted by Crippen LogP contribution is 2.23. The summed E-state index contributed by atoms with van der Waals surface area (Å²) in [7, 11) is 0. The molecule has 0 radical (unpaired) electrons. The van der Waals surface area contributed by atoms with Gasteiger partial charge in [0, 0.05) is 6.42 Å². The molecule has 0 bridgehead atoms. The van der Waals surface area contributed by atoms with Crippen LogP contribution in [0, 0.1) is 11.3 Å². The van der Waals surface area contributed by atoms with Crippen molar-refractivity contribution >= 4 is 27.5 Å². The van der Waals surface area contributed by atoms with E-state index in [1.54, 1.807) is 18.2 Å². The maximum Gasteiger partial charge on any atom is 0.303 e. The predicted molar refractivity (Wildman–Crippen MR) is 60.3 cm³/mol. The molecular weight excluding hydrogens is 224 g/mol. The molecule has 5 heteroatoms. The molecule has 1 heterocycles. The molecular formula is C11H8N2O2S. The van der Waals surface area contributed by atoms with Gasteiger partial charge in [-0.2, -0.15) is 5.26 Å². The number of thiazole rings is 1. The molecule has 0 spiro atoms. The first-order valence-corrected chi connectivity index (χ1v) is 5.52. The highest BCUT2D eigenvalue weighted by Gasteiger charge is 2.06. The van der Waals surface area contributed by atoms with Crippen molar-refractivity contribution in [3.8, 4) is 6.07 Å². The van der Waals surface area contributed by atoms with E-state index in [-0.39, 0.29) is 6.42 Å². The first-order chi connectivity index (χ1) is 7.69. The lowest BCUT2D eigenvalue weighted by atomic mass is 10.2. The Balaban J connectivity index is 2.30. The van der Waals surface area contributed by atoms with Crippen molar-refractivity contribution in [1.82, 2.24) is 4.98 Å². The monoisotopic (exact) mass is 232 g/mol. The number of carboxylic acids is 1. The van der Waals surface area contributed by atoms with E-state index in [0.717, 1.165) is 15.2 Å². The van der Waals surface area contributed by atoms with Gasteiger partial charge < -0.3 is 5.11 Å². The Labute approximate surface area is 95.8 Å². The van der Waals surface area contributed by atoms with Crippen LogP contribution >= 0.6 is 11.3 Å². The molecule has 2 rings (SSSR count). The minimum atomic E-state index is -0.822. The van der Waals surface area contributed by atoms with Crippen molar-refractivity contribution in [1.29, 1.82) is 5.26 Å². The average Bonchev–Trinajstić information content (AvgIpc) is 2.67. The molecule has 4 nitrogen and oxygen atoms in total. The van der Waals surface area contributed by atoms with Gasteiger partial charge >= 0.3 is 5.97 Å². The number of aromatic nitrogens is 1. The van der Waals surface area contributed by atoms with Crippen LogP contribution in [0.25, 0.3) is 10.2 Å². The van der Waals surface area contributed by atoms with Crippen molar-refractivity contribution in [2.75, 3.05) is 0 Å². The first kappa shape index (κ1) is 10.6. The van der Waals surface area contributed by atoms with Gasteiger partial charge in [0.25, 0.3) is 0 Å². The first-order valence-electron chi connectivity index (χ1n) is 4.70. The Morgan fingerprint density at radius 1 is 1.56 bits per heavy atom. The molecule has 0 atom stereocenters. The minimum Gasteiger partial charge on any atom is -0.481 e. The standard InChI is InChI=1S/C11H8N2O2S/c12-6-7-1-2-8-9(5-7)16-10(13-8)3-4-11(14)15/h1-2,5H,3-4H2,(H,14,15). The number of carboxylic acid groups (broad SMARTS) is 1. The van der Waals surface area contributed by atoms with Crippen LogP contribution in [0.15, 0.2) is 18.2 Å². The van der Waals surface area contributed by atoms with Crippen LogP contribution in [0.2, 0.25) is 0 Å². The Bertz CT molecular complexity index is 583. The van der Waals surface area contributed by atoms with E-state index in [9.17, 15) is 4.79 Å². The fourth-order valence-corrected chi connectivity index (χ4v) is 2.37. The summed E-state index contributed by atoms with van der Waals surface area (Å²) in [6.07, 6.45) is 0.529. The van der Waals surface area contributed by atoms with Crippen LogP contribution in [-0.2, 0) is 11.2 Å². The number of hydrogen-bond donors (Lipinski definition) is 1. The lowest BCUT2D eigenvalue weighted by Gasteiger charge is -1.88. The van der Waals surface area contributed by atoms with Crippen molar-refractivity contribution in [3.05, 3.63) is 28.8 Å². The highest BCUT2D eigenvalue weighted by molar-refractivity contribution is 7.18. The summed E-state index contributed by atoms with van der Waals surface area (Å²) in [5.74, 6) is -0.822. The van der Waals surface area contributed by atoms with E-state index in [4.69, 9.17) is 10.4 Å². The van der Waals surface area contributed by atoms with Crippen LogP contribution in [0.1, 0.15) is 17.0 Å². The number of aliphatic carboxylic acids is 1. The number of nitriles is 1. The van der Waals surface area contributed by atoms with E-state index >= 15 is 0 Å². The molecule has 2 aromatic rings. The molecule has 1 aromatic heterocycles. The number of carbonyl (C=O) groups is 1. The zero-order valence-corrected chi connectivity index (χ0v) is 9.12. The summed E-state index contributed by atoms with van der Waals surface area (Å²) in [4.78, 5) is 14.7. The van der Waals surface area contributed by atoms with Crippen LogP contribution in [-0.4, -0.2) is 16.1 Å². The molecule has 0 saturated carbocycles. The SMILES string of the molecule is N#Cc1ccc2nc(CCC(=O)O)sc2c1. The molecule has 0 amide bonds. The third-order valence-corrected chi connectivity index (χ3v) is 3.19. The highest BCUT2D eigenvalue weighted by atomic mass is 32.1. The molecule has 1 N–H and O–H groups in total. The number of fused-ring (bicyclic) bond motifs is 1. The summed E-state index contributed by atoms with van der Waals surface area (Å²) in [5.41, 5.74) is 1.42. The fraction of sp³-hybridized carbons (Fsp3) is 0.182. The van der Waals surface area contributed by atoms with Gasteiger partial charge in [0.15, 0.2) is 0 Å². The third kappa shape index (κ3) is 2.18. The van der Waals surface area contributed by atoms with Gasteiger partial charge in [-0.3, -0.25) is 4.79 Å². The van der Waals surface area contributed by atoms with Crippen LogP contribution in [0.3, 0.4) is 0 Å². The largest absolute Gasteiger partial charge is 0.481 e. The molecule has 0 unspecified atom stereocenters. The van der Waals surface area contributed by atoms with E-state index < -0.39 is 5.97 Å². The predicted octanol–water partition coefficient (Wildman–Crippen LogP) is 2.19. The van der Waals surface area contributed by atoms with Crippen LogP contribution in [0.4, 0.5) is 0 Å². The molecule has 0 saturated heterocycles. The van der Waals surface area contributed by atoms with Gasteiger partial charge in [-0.1, -0.05) is 0 Å². The van der Waals surface area contributed by atoms with E-state index in [0.29, 0.717) is 12.0 Å². The summed E-state index contributed by atoms with van der Waals surface area (Å²) in [5, 5.41) is 18.1. The minimum absolute atomic E-state index is 0.0882. The maximum atomic E-state index is 10.4. The summed E-state index contributed by atoms with van der Waals surface area (Å²) >= 11 is 1.44. The quantitative estimate of drug-likeness (QED) is 0.880. The molecule has 0 fully saturated rings. The van der Waals surface area contributed by atoms with Crippen molar-refractivity contribution in [2.45, 2.75) is 12.8 Å². The Morgan fingerprint density at radius 2 is 2.38 bits per heavy atom.